The summed E-state index contributed by atoms with van der Waals surface area (Å²) in [4.78, 5) is 16.5. The van der Waals surface area contributed by atoms with E-state index in [2.05, 4.69) is 10.3 Å². The van der Waals surface area contributed by atoms with Crippen molar-refractivity contribution in [3.63, 3.8) is 0 Å². The molecule has 1 aromatic heterocycles. The highest BCUT2D eigenvalue weighted by atomic mass is 32.2. The molecule has 1 amide bonds. The molecule has 0 aliphatic carbocycles. The molecule has 3 rings (SSSR count). The molecule has 2 aromatic carbocycles. The quantitative estimate of drug-likeness (QED) is 0.451. The predicted octanol–water partition coefficient (Wildman–Crippen LogP) is 2.45. The van der Waals surface area contributed by atoms with Crippen LogP contribution in [0.4, 0.5) is 10.1 Å². The van der Waals surface area contributed by atoms with E-state index in [1.807, 2.05) is 12.1 Å². The first kappa shape index (κ1) is 19.1. The maximum Gasteiger partial charge on any atom is 0.488 e. The number of carbonyl (C=O) groups excluding carboxylic acids is 1. The Morgan fingerprint density at radius 1 is 1.04 bits per heavy atom. The van der Waals surface area contributed by atoms with E-state index in [4.69, 9.17) is 10.0 Å². The van der Waals surface area contributed by atoms with E-state index < -0.39 is 7.12 Å². The number of aromatic nitrogens is 1. The summed E-state index contributed by atoms with van der Waals surface area (Å²) < 4.78 is 12.9. The van der Waals surface area contributed by atoms with Gasteiger partial charge in [-0.3, -0.25) is 4.79 Å². The number of thioether (sulfide) groups is 1. The summed E-state index contributed by atoms with van der Waals surface area (Å²) in [5.41, 5.74) is 2.38. The van der Waals surface area contributed by atoms with E-state index in [1.54, 1.807) is 24.3 Å². The maximum absolute atomic E-state index is 12.9. The smallest absolute Gasteiger partial charge is 0.423 e. The summed E-state index contributed by atoms with van der Waals surface area (Å²) in [6.45, 7) is 0. The fourth-order valence-electron chi connectivity index (χ4n) is 2.28. The van der Waals surface area contributed by atoms with Crippen molar-refractivity contribution in [3.05, 3.63) is 83.8 Å². The van der Waals surface area contributed by atoms with Crippen molar-refractivity contribution in [2.24, 2.45) is 0 Å². The lowest BCUT2D eigenvalue weighted by Crippen LogP contribution is -2.29. The molecule has 1 heterocycles. The van der Waals surface area contributed by atoms with Gasteiger partial charge >= 0.3 is 7.12 Å². The minimum Gasteiger partial charge on any atom is -0.423 e. The number of carbonyl (C=O) groups is 1. The zero-order valence-corrected chi connectivity index (χ0v) is 15.0. The van der Waals surface area contributed by atoms with Crippen molar-refractivity contribution in [1.29, 1.82) is 0 Å². The third-order valence-corrected chi connectivity index (χ3v) is 4.78. The van der Waals surface area contributed by atoms with Crippen molar-refractivity contribution in [3.8, 4) is 0 Å². The Bertz CT molecular complexity index is 904. The number of benzene rings is 2. The SMILES string of the molecule is O=C(Nc1ccc(F)cc1)c1ccc(SCc2ccc(B(O)O)cc2)nc1. The largest absolute Gasteiger partial charge is 0.488 e. The van der Waals surface area contributed by atoms with Crippen molar-refractivity contribution >= 4 is 35.9 Å². The van der Waals surface area contributed by atoms with Crippen LogP contribution in [0.1, 0.15) is 15.9 Å². The van der Waals surface area contributed by atoms with Crippen LogP contribution in [0.3, 0.4) is 0 Å². The topological polar surface area (TPSA) is 82.5 Å². The number of hydrogen-bond donors (Lipinski definition) is 3. The molecule has 0 saturated carbocycles. The molecule has 0 fully saturated rings. The van der Waals surface area contributed by atoms with Crippen LogP contribution in [0.15, 0.2) is 71.9 Å². The standard InChI is InChI=1S/C19H16BFN2O3S/c21-16-6-8-17(9-7-16)23-19(24)14-3-10-18(22-11-14)27-12-13-1-4-15(5-2-13)20(25)26/h1-11,25-26H,12H2,(H,23,24). The zero-order chi connectivity index (χ0) is 19.2. The van der Waals surface area contributed by atoms with E-state index in [0.29, 0.717) is 22.5 Å². The average Bonchev–Trinajstić information content (AvgIpc) is 2.69. The average molecular weight is 382 g/mol. The second-order valence-corrected chi connectivity index (χ2v) is 6.75. The molecule has 8 heteroatoms. The number of halogens is 1. The van der Waals surface area contributed by atoms with Crippen LogP contribution < -0.4 is 10.8 Å². The lowest BCUT2D eigenvalue weighted by molar-refractivity contribution is 0.102. The second kappa shape index (κ2) is 8.81. The Balaban J connectivity index is 1.56. The Morgan fingerprint density at radius 2 is 1.74 bits per heavy atom. The molecule has 3 N–H and O–H groups in total. The van der Waals surface area contributed by atoms with Gasteiger partial charge in [0.1, 0.15) is 5.82 Å². The fraction of sp³-hybridized carbons (Fsp3) is 0.0526. The van der Waals surface area contributed by atoms with E-state index in [-0.39, 0.29) is 11.7 Å². The van der Waals surface area contributed by atoms with Crippen LogP contribution >= 0.6 is 11.8 Å². The first-order valence-electron chi connectivity index (χ1n) is 8.12. The number of anilines is 1. The highest BCUT2D eigenvalue weighted by Crippen LogP contribution is 2.21. The zero-order valence-electron chi connectivity index (χ0n) is 14.2. The van der Waals surface area contributed by atoms with Crippen molar-refractivity contribution in [2.75, 3.05) is 5.32 Å². The number of amides is 1. The molecule has 0 unspecified atom stereocenters. The van der Waals surface area contributed by atoms with Crippen LogP contribution in [0.25, 0.3) is 0 Å². The van der Waals surface area contributed by atoms with Crippen LogP contribution in [0.2, 0.25) is 0 Å². The minimum atomic E-state index is -1.47. The molecule has 0 aliphatic rings. The normalized spacial score (nSPS) is 10.5. The minimum absolute atomic E-state index is 0.316. The molecule has 0 saturated heterocycles. The fourth-order valence-corrected chi connectivity index (χ4v) is 3.08. The van der Waals surface area contributed by atoms with Gasteiger partial charge in [0.05, 0.1) is 10.6 Å². The molecule has 0 bridgehead atoms. The van der Waals surface area contributed by atoms with Crippen molar-refractivity contribution in [1.82, 2.24) is 4.98 Å². The third-order valence-electron chi connectivity index (χ3n) is 3.77. The Morgan fingerprint density at radius 3 is 2.33 bits per heavy atom. The Labute approximate surface area is 160 Å². The van der Waals surface area contributed by atoms with Crippen LogP contribution in [0, 0.1) is 5.82 Å². The first-order valence-corrected chi connectivity index (χ1v) is 9.10. The van der Waals surface area contributed by atoms with Crippen molar-refractivity contribution < 1.29 is 19.2 Å². The lowest BCUT2D eigenvalue weighted by atomic mass is 9.80. The van der Waals surface area contributed by atoms with Gasteiger partial charge in [0.25, 0.3) is 5.91 Å². The molecule has 27 heavy (non-hydrogen) atoms. The first-order chi connectivity index (χ1) is 13.0. The van der Waals surface area contributed by atoms with Gasteiger partial charge in [-0.2, -0.15) is 0 Å². The van der Waals surface area contributed by atoms with E-state index in [9.17, 15) is 9.18 Å². The van der Waals surface area contributed by atoms with Gasteiger partial charge in [-0.25, -0.2) is 9.37 Å². The summed E-state index contributed by atoms with van der Waals surface area (Å²) >= 11 is 1.50. The van der Waals surface area contributed by atoms with Crippen LogP contribution in [-0.4, -0.2) is 28.1 Å². The molecule has 0 atom stereocenters. The summed E-state index contributed by atoms with van der Waals surface area (Å²) in [7, 11) is -1.47. The molecule has 5 nitrogen and oxygen atoms in total. The lowest BCUT2D eigenvalue weighted by Gasteiger charge is -2.06. The molecule has 3 aromatic rings. The number of hydrogen-bond acceptors (Lipinski definition) is 5. The van der Waals surface area contributed by atoms with Gasteiger partial charge in [0, 0.05) is 17.6 Å². The van der Waals surface area contributed by atoms with Gasteiger partial charge < -0.3 is 15.4 Å². The molecular weight excluding hydrogens is 366 g/mol. The summed E-state index contributed by atoms with van der Waals surface area (Å²) in [5, 5.41) is 21.6. The van der Waals surface area contributed by atoms with E-state index in [0.717, 1.165) is 10.6 Å². The molecule has 0 aliphatic heterocycles. The molecule has 0 spiro atoms. The van der Waals surface area contributed by atoms with Gasteiger partial charge in [0.2, 0.25) is 0 Å². The van der Waals surface area contributed by atoms with Crippen LogP contribution in [0.5, 0.6) is 0 Å². The number of nitrogens with one attached hydrogen (secondary N) is 1. The van der Waals surface area contributed by atoms with Gasteiger partial charge in [-0.15, -0.1) is 11.8 Å². The summed E-state index contributed by atoms with van der Waals surface area (Å²) in [5.74, 6) is -0.0161. The van der Waals surface area contributed by atoms with E-state index in [1.165, 1.54) is 42.2 Å². The monoisotopic (exact) mass is 382 g/mol. The Kier molecular flexibility index (Phi) is 6.23. The van der Waals surface area contributed by atoms with Gasteiger partial charge in [0.15, 0.2) is 0 Å². The predicted molar refractivity (Wildman–Crippen MR) is 104 cm³/mol. The molecular formula is C19H16BFN2O3S. The molecule has 0 radical (unpaired) electrons. The maximum atomic E-state index is 12.9. The molecule has 136 valence electrons. The number of rotatable bonds is 6. The van der Waals surface area contributed by atoms with Gasteiger partial charge in [-0.05, 0) is 47.4 Å². The van der Waals surface area contributed by atoms with Gasteiger partial charge in [-0.1, -0.05) is 24.3 Å². The Hall–Kier alpha value is -2.68. The van der Waals surface area contributed by atoms with Crippen LogP contribution in [-0.2, 0) is 5.75 Å². The highest BCUT2D eigenvalue weighted by Gasteiger charge is 2.10. The van der Waals surface area contributed by atoms with E-state index >= 15 is 0 Å². The highest BCUT2D eigenvalue weighted by molar-refractivity contribution is 7.98. The summed E-state index contributed by atoms with van der Waals surface area (Å²) in [6.07, 6.45) is 1.49. The summed E-state index contributed by atoms with van der Waals surface area (Å²) in [6, 6.07) is 16.0. The third kappa shape index (κ3) is 5.40. The second-order valence-electron chi connectivity index (χ2n) is 5.75. The van der Waals surface area contributed by atoms with Crippen molar-refractivity contribution in [2.45, 2.75) is 10.8 Å². The number of nitrogens with zero attached hydrogens (tertiary/aromatic N) is 1. The number of pyridine rings is 1.